The van der Waals surface area contributed by atoms with Crippen molar-refractivity contribution in [2.24, 2.45) is 4.40 Å². The Balaban J connectivity index is 2.33. The van der Waals surface area contributed by atoms with Crippen LogP contribution in [0.15, 0.2) is 37.7 Å². The second-order valence-electron chi connectivity index (χ2n) is 4.90. The van der Waals surface area contributed by atoms with Gasteiger partial charge in [-0.2, -0.15) is 0 Å². The zero-order chi connectivity index (χ0) is 13.3. The topological polar surface area (TPSA) is 48.6 Å². The molecule has 1 heterocycles. The Kier molecular flexibility index (Phi) is 3.84. The van der Waals surface area contributed by atoms with Crippen LogP contribution in [0.3, 0.4) is 0 Å². The third kappa shape index (κ3) is 2.79. The number of furan rings is 1. The third-order valence-electron chi connectivity index (χ3n) is 2.39. The van der Waals surface area contributed by atoms with Crippen molar-refractivity contribution >= 4 is 44.5 Å². The van der Waals surface area contributed by atoms with E-state index in [9.17, 15) is 4.55 Å². The first-order valence-electron chi connectivity index (χ1n) is 5.51. The van der Waals surface area contributed by atoms with Crippen LogP contribution in [0.4, 0.5) is 0 Å². The molecule has 2 aromatic rings. The van der Waals surface area contributed by atoms with E-state index in [-0.39, 0.29) is 4.75 Å². The molecule has 0 aliphatic carbocycles. The smallest absolute Gasteiger partial charge is 0.148 e. The van der Waals surface area contributed by atoms with Crippen LogP contribution in [-0.4, -0.2) is 15.5 Å². The molecule has 1 atom stereocenters. The van der Waals surface area contributed by atoms with Crippen LogP contribution in [0, 0.1) is 0 Å². The number of rotatable bonds is 2. The molecule has 0 amide bonds. The van der Waals surface area contributed by atoms with Gasteiger partial charge in [-0.1, -0.05) is 16.5 Å². The van der Waals surface area contributed by atoms with Crippen LogP contribution in [0.25, 0.3) is 11.0 Å². The summed E-state index contributed by atoms with van der Waals surface area (Å²) in [5.41, 5.74) is 1.62. The fraction of sp³-hybridized carbons (Fsp3) is 0.308. The first kappa shape index (κ1) is 13.6. The molecule has 2 rings (SSSR count). The van der Waals surface area contributed by atoms with Gasteiger partial charge in [0.1, 0.15) is 28.0 Å². The van der Waals surface area contributed by atoms with E-state index in [2.05, 4.69) is 20.3 Å². The summed E-state index contributed by atoms with van der Waals surface area (Å²) in [5.74, 6) is 0. The molecule has 0 aliphatic heterocycles. The van der Waals surface area contributed by atoms with Gasteiger partial charge >= 0.3 is 0 Å². The highest BCUT2D eigenvalue weighted by Gasteiger charge is 2.25. The maximum Gasteiger partial charge on any atom is 0.148 e. The van der Waals surface area contributed by atoms with E-state index in [1.165, 1.54) is 0 Å². The first-order valence-corrected chi connectivity index (χ1v) is 7.41. The van der Waals surface area contributed by atoms with Gasteiger partial charge in [-0.25, -0.2) is 0 Å². The molecule has 0 fully saturated rings. The SMILES string of the molecule is CC(C)(C)[S@+]([O-])N=Cc1coc2c(Br)cccc12. The second-order valence-corrected chi connectivity index (χ2v) is 7.69. The largest absolute Gasteiger partial charge is 0.591 e. The van der Waals surface area contributed by atoms with Gasteiger partial charge in [0.25, 0.3) is 0 Å². The molecule has 0 radical (unpaired) electrons. The van der Waals surface area contributed by atoms with E-state index in [0.717, 1.165) is 21.0 Å². The van der Waals surface area contributed by atoms with Gasteiger partial charge in [-0.15, -0.1) is 0 Å². The number of benzene rings is 1. The number of hydrogen-bond donors (Lipinski definition) is 0. The monoisotopic (exact) mass is 327 g/mol. The Morgan fingerprint density at radius 1 is 1.39 bits per heavy atom. The van der Waals surface area contributed by atoms with Crippen molar-refractivity contribution < 1.29 is 8.97 Å². The Labute approximate surface area is 118 Å². The molecule has 18 heavy (non-hydrogen) atoms. The molecule has 0 saturated heterocycles. The van der Waals surface area contributed by atoms with Crippen molar-refractivity contribution in [3.8, 4) is 0 Å². The highest BCUT2D eigenvalue weighted by Crippen LogP contribution is 2.27. The molecule has 0 saturated carbocycles. The zero-order valence-corrected chi connectivity index (χ0v) is 12.8. The van der Waals surface area contributed by atoms with Crippen molar-refractivity contribution in [1.82, 2.24) is 0 Å². The lowest BCUT2D eigenvalue weighted by atomic mass is 10.2. The summed E-state index contributed by atoms with van der Waals surface area (Å²) in [6, 6.07) is 5.80. The van der Waals surface area contributed by atoms with Crippen molar-refractivity contribution in [3.63, 3.8) is 0 Å². The number of fused-ring (bicyclic) bond motifs is 1. The minimum Gasteiger partial charge on any atom is -0.591 e. The second kappa shape index (κ2) is 5.07. The lowest BCUT2D eigenvalue weighted by Crippen LogP contribution is -2.25. The fourth-order valence-electron chi connectivity index (χ4n) is 1.40. The van der Waals surface area contributed by atoms with Gasteiger partial charge in [-0.05, 0) is 42.8 Å². The Morgan fingerprint density at radius 2 is 2.11 bits per heavy atom. The standard InChI is InChI=1S/C13H14BrNO2S/c1-13(2,3)18(16)15-7-9-8-17-12-10(9)5-4-6-11(12)14/h4-8H,1-3H3/t18-/m0/s1. The molecule has 3 nitrogen and oxygen atoms in total. The van der Waals surface area contributed by atoms with Crippen LogP contribution in [-0.2, 0) is 11.4 Å². The predicted octanol–water partition coefficient (Wildman–Crippen LogP) is 4.08. The quantitative estimate of drug-likeness (QED) is 0.616. The van der Waals surface area contributed by atoms with Gasteiger partial charge in [-0.3, -0.25) is 0 Å². The van der Waals surface area contributed by atoms with Gasteiger partial charge in [0.05, 0.1) is 10.7 Å². The molecule has 1 aromatic heterocycles. The van der Waals surface area contributed by atoms with Crippen LogP contribution < -0.4 is 0 Å². The minimum absolute atomic E-state index is 0.351. The highest BCUT2D eigenvalue weighted by molar-refractivity contribution is 9.10. The molecule has 0 bridgehead atoms. The fourth-order valence-corrected chi connectivity index (χ4v) is 2.39. The van der Waals surface area contributed by atoms with Gasteiger partial charge in [0, 0.05) is 10.9 Å². The lowest BCUT2D eigenvalue weighted by Gasteiger charge is -2.17. The summed E-state index contributed by atoms with van der Waals surface area (Å²) in [4.78, 5) is 0. The normalized spacial score (nSPS) is 14.5. The summed E-state index contributed by atoms with van der Waals surface area (Å²) >= 11 is 2.17. The average molecular weight is 328 g/mol. The van der Waals surface area contributed by atoms with Crippen LogP contribution in [0.2, 0.25) is 0 Å². The van der Waals surface area contributed by atoms with Crippen LogP contribution in [0.5, 0.6) is 0 Å². The summed E-state index contributed by atoms with van der Waals surface area (Å²) in [6.07, 6.45) is 3.23. The molecule has 0 unspecified atom stereocenters. The van der Waals surface area contributed by atoms with Crippen molar-refractivity contribution in [2.75, 3.05) is 0 Å². The summed E-state index contributed by atoms with van der Waals surface area (Å²) < 4.78 is 21.9. The van der Waals surface area contributed by atoms with E-state index >= 15 is 0 Å². The molecule has 0 spiro atoms. The number of para-hydroxylation sites is 1. The Morgan fingerprint density at radius 3 is 2.78 bits per heavy atom. The highest BCUT2D eigenvalue weighted by atomic mass is 79.9. The maximum absolute atomic E-state index is 11.8. The van der Waals surface area contributed by atoms with Gasteiger partial charge in [0.2, 0.25) is 0 Å². The molecular weight excluding hydrogens is 314 g/mol. The van der Waals surface area contributed by atoms with Crippen molar-refractivity contribution in [2.45, 2.75) is 25.5 Å². The molecular formula is C13H14BrNO2S. The van der Waals surface area contributed by atoms with E-state index in [1.54, 1.807) is 12.5 Å². The van der Waals surface area contributed by atoms with E-state index in [0.29, 0.717) is 0 Å². The zero-order valence-electron chi connectivity index (χ0n) is 10.4. The Hall–Kier alpha value is -0.780. The number of halogens is 1. The van der Waals surface area contributed by atoms with Crippen LogP contribution in [0.1, 0.15) is 26.3 Å². The minimum atomic E-state index is -1.25. The van der Waals surface area contributed by atoms with E-state index < -0.39 is 11.4 Å². The third-order valence-corrected chi connectivity index (χ3v) is 4.36. The molecule has 0 aliphatic rings. The first-order chi connectivity index (χ1) is 8.39. The van der Waals surface area contributed by atoms with Gasteiger partial charge < -0.3 is 8.97 Å². The molecule has 0 N–H and O–H groups in total. The number of nitrogens with zero attached hydrogens (tertiary/aromatic N) is 1. The molecule has 96 valence electrons. The Bertz CT molecular complexity index is 586. The maximum atomic E-state index is 11.8. The summed E-state index contributed by atoms with van der Waals surface area (Å²) in [5, 5.41) is 0.957. The average Bonchev–Trinajstić information content (AvgIpc) is 2.69. The summed E-state index contributed by atoms with van der Waals surface area (Å²) in [6.45, 7) is 5.68. The van der Waals surface area contributed by atoms with Crippen LogP contribution >= 0.6 is 15.9 Å². The predicted molar refractivity (Wildman–Crippen MR) is 79.4 cm³/mol. The van der Waals surface area contributed by atoms with Gasteiger partial charge in [0.15, 0.2) is 0 Å². The molecule has 5 heteroatoms. The van der Waals surface area contributed by atoms with E-state index in [4.69, 9.17) is 4.42 Å². The number of hydrogen-bond acceptors (Lipinski definition) is 3. The lowest BCUT2D eigenvalue weighted by molar-refractivity contribution is 0.562. The van der Waals surface area contributed by atoms with Crippen molar-refractivity contribution in [3.05, 3.63) is 34.5 Å². The van der Waals surface area contributed by atoms with E-state index in [1.807, 2.05) is 39.0 Å². The molecule has 1 aromatic carbocycles. The summed E-state index contributed by atoms with van der Waals surface area (Å²) in [7, 11) is 0. The van der Waals surface area contributed by atoms with Crippen molar-refractivity contribution in [1.29, 1.82) is 0 Å².